The summed E-state index contributed by atoms with van der Waals surface area (Å²) >= 11 is 0. The van der Waals surface area contributed by atoms with Gasteiger partial charge in [-0.2, -0.15) is 0 Å². The molecule has 0 atom stereocenters. The van der Waals surface area contributed by atoms with Crippen LogP contribution in [0.5, 0.6) is 11.5 Å². The third kappa shape index (κ3) is 2.76. The van der Waals surface area contributed by atoms with E-state index in [1.807, 2.05) is 6.92 Å². The molecule has 0 spiro atoms. The van der Waals surface area contributed by atoms with Crippen LogP contribution in [-0.2, 0) is 9.53 Å². The van der Waals surface area contributed by atoms with Crippen LogP contribution in [0, 0.1) is 0 Å². The average Bonchev–Trinajstić information content (AvgIpc) is 2.79. The van der Waals surface area contributed by atoms with Gasteiger partial charge in [0, 0.05) is 12.0 Å². The molecule has 0 unspecified atom stereocenters. The Balaban J connectivity index is 2.41. The Bertz CT molecular complexity index is 561. The largest absolute Gasteiger partial charge is 0.497 e. The maximum absolute atomic E-state index is 11.6. The highest BCUT2D eigenvalue weighted by Crippen LogP contribution is 2.27. The summed E-state index contributed by atoms with van der Waals surface area (Å²) in [6.07, 6.45) is 2.21. The molecular weight excluding hydrogens is 246 g/mol. The van der Waals surface area contributed by atoms with Gasteiger partial charge in [0.15, 0.2) is 11.6 Å². The lowest BCUT2D eigenvalue weighted by Crippen LogP contribution is -2.02. The molecule has 5 heteroatoms. The molecule has 0 fully saturated rings. The van der Waals surface area contributed by atoms with E-state index in [2.05, 4.69) is 4.99 Å². The molecule has 1 aromatic rings. The van der Waals surface area contributed by atoms with Crippen LogP contribution in [0.3, 0.4) is 0 Å². The number of esters is 1. The van der Waals surface area contributed by atoms with E-state index in [0.29, 0.717) is 23.8 Å². The molecule has 0 bridgehead atoms. The fraction of sp³-hybridized carbons (Fsp3) is 0.286. The first-order valence-electron chi connectivity index (χ1n) is 5.91. The van der Waals surface area contributed by atoms with Crippen LogP contribution in [0.15, 0.2) is 28.9 Å². The van der Waals surface area contributed by atoms with Crippen molar-refractivity contribution in [3.63, 3.8) is 0 Å². The average molecular weight is 261 g/mol. The highest BCUT2D eigenvalue weighted by atomic mass is 16.6. The van der Waals surface area contributed by atoms with Crippen LogP contribution in [0.1, 0.15) is 18.9 Å². The van der Waals surface area contributed by atoms with Gasteiger partial charge in [0.05, 0.1) is 14.2 Å². The Morgan fingerprint density at radius 3 is 2.68 bits per heavy atom. The van der Waals surface area contributed by atoms with Gasteiger partial charge in [0.1, 0.15) is 11.5 Å². The van der Waals surface area contributed by atoms with Crippen LogP contribution in [0.2, 0.25) is 0 Å². The van der Waals surface area contributed by atoms with Crippen LogP contribution < -0.4 is 9.47 Å². The van der Waals surface area contributed by atoms with Crippen molar-refractivity contribution in [2.75, 3.05) is 14.2 Å². The molecular formula is C14H15NO4. The van der Waals surface area contributed by atoms with Gasteiger partial charge in [0.2, 0.25) is 0 Å². The fourth-order valence-electron chi connectivity index (χ4n) is 1.70. The smallest absolute Gasteiger partial charge is 0.363 e. The number of hydrogen-bond donors (Lipinski definition) is 0. The lowest BCUT2D eigenvalue weighted by molar-refractivity contribution is -0.130. The molecule has 2 rings (SSSR count). The van der Waals surface area contributed by atoms with Crippen molar-refractivity contribution in [2.24, 2.45) is 4.99 Å². The van der Waals surface area contributed by atoms with Crippen molar-refractivity contribution in [1.82, 2.24) is 0 Å². The molecule has 19 heavy (non-hydrogen) atoms. The maximum atomic E-state index is 11.6. The number of carbonyl (C=O) groups is 1. The Labute approximate surface area is 111 Å². The van der Waals surface area contributed by atoms with E-state index in [-0.39, 0.29) is 5.70 Å². The highest BCUT2D eigenvalue weighted by molar-refractivity contribution is 6.07. The van der Waals surface area contributed by atoms with E-state index in [4.69, 9.17) is 14.2 Å². The summed E-state index contributed by atoms with van der Waals surface area (Å²) in [4.78, 5) is 15.7. The molecule has 100 valence electrons. The van der Waals surface area contributed by atoms with E-state index in [9.17, 15) is 4.79 Å². The summed E-state index contributed by atoms with van der Waals surface area (Å²) < 4.78 is 15.4. The maximum Gasteiger partial charge on any atom is 0.363 e. The normalized spacial score (nSPS) is 16.3. The van der Waals surface area contributed by atoms with Gasteiger partial charge in [0.25, 0.3) is 0 Å². The van der Waals surface area contributed by atoms with E-state index >= 15 is 0 Å². The van der Waals surface area contributed by atoms with E-state index in [0.717, 1.165) is 5.56 Å². The number of cyclic esters (lactones) is 1. The van der Waals surface area contributed by atoms with Crippen LogP contribution in [-0.4, -0.2) is 26.1 Å². The highest BCUT2D eigenvalue weighted by Gasteiger charge is 2.22. The summed E-state index contributed by atoms with van der Waals surface area (Å²) in [6, 6.07) is 5.34. The fourth-order valence-corrected chi connectivity index (χ4v) is 1.70. The van der Waals surface area contributed by atoms with Gasteiger partial charge in [-0.1, -0.05) is 6.92 Å². The van der Waals surface area contributed by atoms with Crippen molar-refractivity contribution < 1.29 is 19.0 Å². The molecule has 1 aliphatic rings. The number of ether oxygens (including phenoxy) is 3. The molecule has 0 N–H and O–H groups in total. The number of nitrogens with zero attached hydrogens (tertiary/aromatic N) is 1. The minimum Gasteiger partial charge on any atom is -0.497 e. The second-order valence-electron chi connectivity index (χ2n) is 3.89. The van der Waals surface area contributed by atoms with Gasteiger partial charge in [-0.05, 0) is 24.3 Å². The minimum atomic E-state index is -0.443. The zero-order valence-electron chi connectivity index (χ0n) is 11.1. The summed E-state index contributed by atoms with van der Waals surface area (Å²) in [5, 5.41) is 0. The number of carbonyl (C=O) groups excluding carboxylic acids is 1. The van der Waals surface area contributed by atoms with Crippen molar-refractivity contribution in [2.45, 2.75) is 13.3 Å². The van der Waals surface area contributed by atoms with Gasteiger partial charge >= 0.3 is 5.97 Å². The molecule has 0 aliphatic carbocycles. The third-order valence-electron chi connectivity index (χ3n) is 2.70. The standard InChI is InChI=1S/C14H15NO4/c1-4-13-15-11(14(16)19-13)8-9-7-10(17-2)5-6-12(9)18-3/h5-8H,4H2,1-3H3/b11-8-. The molecule has 1 aromatic carbocycles. The summed E-state index contributed by atoms with van der Waals surface area (Å²) in [7, 11) is 3.15. The van der Waals surface area contributed by atoms with E-state index in [1.165, 1.54) is 0 Å². The summed E-state index contributed by atoms with van der Waals surface area (Å²) in [5.41, 5.74) is 0.985. The van der Waals surface area contributed by atoms with Crippen LogP contribution in [0.4, 0.5) is 0 Å². The zero-order chi connectivity index (χ0) is 13.8. The van der Waals surface area contributed by atoms with Crippen LogP contribution >= 0.6 is 0 Å². The zero-order valence-corrected chi connectivity index (χ0v) is 11.1. The molecule has 0 saturated heterocycles. The number of aliphatic imine (C=N–C) groups is 1. The quantitative estimate of drug-likeness (QED) is 0.617. The number of benzene rings is 1. The molecule has 5 nitrogen and oxygen atoms in total. The van der Waals surface area contributed by atoms with Gasteiger partial charge in [-0.3, -0.25) is 0 Å². The summed E-state index contributed by atoms with van der Waals surface area (Å²) in [5.74, 6) is 1.31. The minimum absolute atomic E-state index is 0.267. The number of hydrogen-bond acceptors (Lipinski definition) is 5. The lowest BCUT2D eigenvalue weighted by Gasteiger charge is -2.07. The molecule has 0 saturated carbocycles. The Kier molecular flexibility index (Phi) is 3.85. The predicted molar refractivity (Wildman–Crippen MR) is 71.3 cm³/mol. The molecule has 0 aromatic heterocycles. The number of methoxy groups -OCH3 is 2. The second kappa shape index (κ2) is 5.56. The third-order valence-corrected chi connectivity index (χ3v) is 2.70. The Hall–Kier alpha value is -2.30. The molecule has 0 radical (unpaired) electrons. The monoisotopic (exact) mass is 261 g/mol. The molecule has 0 amide bonds. The van der Waals surface area contributed by atoms with Crippen molar-refractivity contribution >= 4 is 17.9 Å². The van der Waals surface area contributed by atoms with E-state index in [1.54, 1.807) is 38.5 Å². The first-order chi connectivity index (χ1) is 9.17. The summed E-state index contributed by atoms with van der Waals surface area (Å²) in [6.45, 7) is 1.88. The topological polar surface area (TPSA) is 57.1 Å². The second-order valence-corrected chi connectivity index (χ2v) is 3.89. The Morgan fingerprint density at radius 1 is 1.32 bits per heavy atom. The molecule has 1 aliphatic heterocycles. The SMILES string of the molecule is CCC1=N/C(=C\c2cc(OC)ccc2OC)C(=O)O1. The van der Waals surface area contributed by atoms with Gasteiger partial charge < -0.3 is 14.2 Å². The predicted octanol–water partition coefficient (Wildman–Crippen LogP) is 2.41. The van der Waals surface area contributed by atoms with E-state index < -0.39 is 5.97 Å². The van der Waals surface area contributed by atoms with Crippen molar-refractivity contribution in [3.8, 4) is 11.5 Å². The van der Waals surface area contributed by atoms with Crippen LogP contribution in [0.25, 0.3) is 6.08 Å². The van der Waals surface area contributed by atoms with Crippen molar-refractivity contribution in [3.05, 3.63) is 29.5 Å². The first kappa shape index (κ1) is 13.1. The molecule has 1 heterocycles. The first-order valence-corrected chi connectivity index (χ1v) is 5.91. The number of rotatable bonds is 4. The van der Waals surface area contributed by atoms with Crippen molar-refractivity contribution in [1.29, 1.82) is 0 Å². The van der Waals surface area contributed by atoms with Gasteiger partial charge in [-0.15, -0.1) is 0 Å². The van der Waals surface area contributed by atoms with Gasteiger partial charge in [-0.25, -0.2) is 9.79 Å². The lowest BCUT2D eigenvalue weighted by atomic mass is 10.1. The Morgan fingerprint density at radius 2 is 2.11 bits per heavy atom.